The molecule has 2 unspecified atom stereocenters. The molecule has 2 rings (SSSR count). The fourth-order valence-corrected chi connectivity index (χ4v) is 2.43. The van der Waals surface area contributed by atoms with Crippen molar-refractivity contribution < 1.29 is 14.7 Å². The lowest BCUT2D eigenvalue weighted by atomic mass is 9.92. The van der Waals surface area contributed by atoms with Crippen LogP contribution in [0.5, 0.6) is 0 Å². The van der Waals surface area contributed by atoms with E-state index in [4.69, 9.17) is 5.11 Å². The number of nitrogens with one attached hydrogen (secondary N) is 1. The summed E-state index contributed by atoms with van der Waals surface area (Å²) in [6.45, 7) is 2.59. The summed E-state index contributed by atoms with van der Waals surface area (Å²) in [5.74, 6) is -0.510. The summed E-state index contributed by atoms with van der Waals surface area (Å²) in [4.78, 5) is 24.6. The first kappa shape index (κ1) is 12.2. The maximum Gasteiger partial charge on any atom is 0.326 e. The van der Waals surface area contributed by atoms with Gasteiger partial charge in [0.25, 0.3) is 0 Å². The van der Waals surface area contributed by atoms with Gasteiger partial charge in [-0.25, -0.2) is 9.59 Å². The molecule has 2 fully saturated rings. The first-order valence-corrected chi connectivity index (χ1v) is 6.38. The fourth-order valence-electron chi connectivity index (χ4n) is 2.43. The molecule has 96 valence electrons. The molecule has 1 heterocycles. The maximum atomic E-state index is 12.0. The van der Waals surface area contributed by atoms with Crippen LogP contribution in [0.3, 0.4) is 0 Å². The Kier molecular flexibility index (Phi) is 3.54. The predicted molar refractivity (Wildman–Crippen MR) is 62.7 cm³/mol. The summed E-state index contributed by atoms with van der Waals surface area (Å²) in [5, 5.41) is 12.1. The van der Waals surface area contributed by atoms with E-state index in [0.29, 0.717) is 18.9 Å². The summed E-state index contributed by atoms with van der Waals surface area (Å²) in [6, 6.07) is -0.593. The Hall–Kier alpha value is -1.26. The molecule has 1 saturated carbocycles. The molecule has 17 heavy (non-hydrogen) atoms. The zero-order valence-corrected chi connectivity index (χ0v) is 10.2. The molecule has 0 aromatic rings. The summed E-state index contributed by atoms with van der Waals surface area (Å²) in [5.41, 5.74) is 0. The van der Waals surface area contributed by atoms with Gasteiger partial charge in [0.05, 0.1) is 0 Å². The van der Waals surface area contributed by atoms with Crippen molar-refractivity contribution in [2.24, 2.45) is 5.92 Å². The standard InChI is InChI=1S/C12H20N2O3/c1-8-5-6-14(10(7-8)11(15)16)12(17)13-9-3-2-4-9/h8-10H,2-7H2,1H3,(H,13,17)(H,15,16). The Bertz CT molecular complexity index is 315. The highest BCUT2D eigenvalue weighted by molar-refractivity contribution is 5.83. The van der Waals surface area contributed by atoms with Gasteiger partial charge in [-0.3, -0.25) is 0 Å². The number of rotatable bonds is 2. The number of carbonyl (C=O) groups excluding carboxylic acids is 1. The van der Waals surface area contributed by atoms with E-state index < -0.39 is 12.0 Å². The molecule has 1 saturated heterocycles. The molecule has 2 amide bonds. The largest absolute Gasteiger partial charge is 0.480 e. The van der Waals surface area contributed by atoms with E-state index in [9.17, 15) is 9.59 Å². The van der Waals surface area contributed by atoms with Crippen molar-refractivity contribution >= 4 is 12.0 Å². The van der Waals surface area contributed by atoms with Crippen molar-refractivity contribution in [1.82, 2.24) is 10.2 Å². The number of likely N-dealkylation sites (tertiary alicyclic amines) is 1. The number of nitrogens with zero attached hydrogens (tertiary/aromatic N) is 1. The summed E-state index contributed by atoms with van der Waals surface area (Å²) >= 11 is 0. The Morgan fingerprint density at radius 2 is 2.00 bits per heavy atom. The molecule has 2 atom stereocenters. The maximum absolute atomic E-state index is 12.0. The SMILES string of the molecule is CC1CCN(C(=O)NC2CCC2)C(C(=O)O)C1. The number of hydrogen-bond acceptors (Lipinski definition) is 2. The van der Waals surface area contributed by atoms with Crippen molar-refractivity contribution in [3.05, 3.63) is 0 Å². The quantitative estimate of drug-likeness (QED) is 0.767. The van der Waals surface area contributed by atoms with E-state index in [2.05, 4.69) is 5.32 Å². The normalized spacial score (nSPS) is 29.6. The van der Waals surface area contributed by atoms with Gasteiger partial charge in [-0.05, 0) is 38.0 Å². The van der Waals surface area contributed by atoms with E-state index >= 15 is 0 Å². The molecule has 2 aliphatic rings. The van der Waals surface area contributed by atoms with Crippen LogP contribution in [0.15, 0.2) is 0 Å². The zero-order valence-electron chi connectivity index (χ0n) is 10.2. The van der Waals surface area contributed by atoms with Gasteiger partial charge in [-0.2, -0.15) is 0 Å². The lowest BCUT2D eigenvalue weighted by molar-refractivity contribution is -0.143. The van der Waals surface area contributed by atoms with E-state index in [0.717, 1.165) is 25.7 Å². The van der Waals surface area contributed by atoms with Gasteiger partial charge in [0.1, 0.15) is 6.04 Å². The molecule has 1 aliphatic heterocycles. The van der Waals surface area contributed by atoms with E-state index in [1.165, 1.54) is 4.90 Å². The number of hydrogen-bond donors (Lipinski definition) is 2. The number of piperidine rings is 1. The molecule has 2 N–H and O–H groups in total. The Morgan fingerprint density at radius 3 is 2.53 bits per heavy atom. The first-order chi connectivity index (χ1) is 8.08. The minimum atomic E-state index is -0.889. The number of carboxylic acid groups (broad SMARTS) is 1. The highest BCUT2D eigenvalue weighted by atomic mass is 16.4. The van der Waals surface area contributed by atoms with Crippen LogP contribution in [-0.4, -0.2) is 40.6 Å². The fraction of sp³-hybridized carbons (Fsp3) is 0.833. The van der Waals surface area contributed by atoms with E-state index in [-0.39, 0.29) is 12.1 Å². The molecular weight excluding hydrogens is 220 g/mol. The number of aliphatic carboxylic acids is 1. The molecule has 0 radical (unpaired) electrons. The van der Waals surface area contributed by atoms with Crippen LogP contribution < -0.4 is 5.32 Å². The minimum absolute atomic E-state index is 0.200. The summed E-state index contributed by atoms with van der Waals surface area (Å²) in [6.07, 6.45) is 4.65. The Morgan fingerprint density at radius 1 is 1.29 bits per heavy atom. The van der Waals surface area contributed by atoms with Crippen molar-refractivity contribution in [3.63, 3.8) is 0 Å². The van der Waals surface area contributed by atoms with Crippen LogP contribution in [-0.2, 0) is 4.79 Å². The third-order valence-electron chi connectivity index (χ3n) is 3.84. The Balaban J connectivity index is 1.96. The minimum Gasteiger partial charge on any atom is -0.480 e. The number of urea groups is 1. The number of amides is 2. The molecule has 0 aromatic carbocycles. The van der Waals surface area contributed by atoms with Crippen LogP contribution in [0, 0.1) is 5.92 Å². The van der Waals surface area contributed by atoms with Gasteiger partial charge < -0.3 is 15.3 Å². The van der Waals surface area contributed by atoms with Gasteiger partial charge in [0, 0.05) is 12.6 Å². The van der Waals surface area contributed by atoms with Gasteiger partial charge in [0.15, 0.2) is 0 Å². The zero-order chi connectivity index (χ0) is 12.4. The first-order valence-electron chi connectivity index (χ1n) is 6.38. The smallest absolute Gasteiger partial charge is 0.326 e. The van der Waals surface area contributed by atoms with Crippen LogP contribution >= 0.6 is 0 Å². The van der Waals surface area contributed by atoms with Gasteiger partial charge >= 0.3 is 12.0 Å². The third-order valence-corrected chi connectivity index (χ3v) is 3.84. The molecular formula is C12H20N2O3. The second-order valence-electron chi connectivity index (χ2n) is 5.25. The van der Waals surface area contributed by atoms with Crippen LogP contribution in [0.4, 0.5) is 4.79 Å². The molecule has 1 aliphatic carbocycles. The predicted octanol–water partition coefficient (Wildman–Crippen LogP) is 1.43. The van der Waals surface area contributed by atoms with Crippen LogP contribution in [0.25, 0.3) is 0 Å². The summed E-state index contributed by atoms with van der Waals surface area (Å²) in [7, 11) is 0. The molecule has 0 aromatic heterocycles. The lowest BCUT2D eigenvalue weighted by Crippen LogP contribution is -2.55. The van der Waals surface area contributed by atoms with Crippen molar-refractivity contribution in [3.8, 4) is 0 Å². The van der Waals surface area contributed by atoms with Crippen molar-refractivity contribution in [2.45, 2.75) is 51.1 Å². The Labute approximate surface area is 101 Å². The second kappa shape index (κ2) is 4.94. The van der Waals surface area contributed by atoms with Gasteiger partial charge in [0.2, 0.25) is 0 Å². The van der Waals surface area contributed by atoms with E-state index in [1.807, 2.05) is 6.92 Å². The highest BCUT2D eigenvalue weighted by Gasteiger charge is 2.35. The molecule has 5 nitrogen and oxygen atoms in total. The van der Waals surface area contributed by atoms with Gasteiger partial charge in [-0.15, -0.1) is 0 Å². The molecule has 0 spiro atoms. The monoisotopic (exact) mass is 240 g/mol. The van der Waals surface area contributed by atoms with E-state index in [1.54, 1.807) is 0 Å². The third kappa shape index (κ3) is 2.70. The molecule has 0 bridgehead atoms. The average molecular weight is 240 g/mol. The number of carboxylic acids is 1. The second-order valence-corrected chi connectivity index (χ2v) is 5.25. The number of carbonyl (C=O) groups is 2. The summed E-state index contributed by atoms with van der Waals surface area (Å²) < 4.78 is 0. The highest BCUT2D eigenvalue weighted by Crippen LogP contribution is 2.24. The van der Waals surface area contributed by atoms with Gasteiger partial charge in [-0.1, -0.05) is 6.92 Å². The van der Waals surface area contributed by atoms with Crippen molar-refractivity contribution in [2.75, 3.05) is 6.54 Å². The van der Waals surface area contributed by atoms with Crippen LogP contribution in [0.2, 0.25) is 0 Å². The van der Waals surface area contributed by atoms with Crippen LogP contribution in [0.1, 0.15) is 39.0 Å². The van der Waals surface area contributed by atoms with Crippen molar-refractivity contribution in [1.29, 1.82) is 0 Å². The average Bonchev–Trinajstić information content (AvgIpc) is 2.23. The topological polar surface area (TPSA) is 69.6 Å². The molecule has 5 heteroatoms. The lowest BCUT2D eigenvalue weighted by Gasteiger charge is -2.38.